The van der Waals surface area contributed by atoms with Crippen molar-refractivity contribution in [1.29, 1.82) is 0 Å². The first-order valence-corrected chi connectivity index (χ1v) is 8.46. The molecule has 4 rings (SSSR count). The molecule has 2 fully saturated rings. The third kappa shape index (κ3) is 3.00. The van der Waals surface area contributed by atoms with Gasteiger partial charge in [0.15, 0.2) is 0 Å². The fourth-order valence-corrected chi connectivity index (χ4v) is 4.25. The molecule has 2 aliphatic carbocycles. The number of nitrogens with one attached hydrogen (secondary N) is 1. The molecule has 3 atom stereocenters. The Morgan fingerprint density at radius 1 is 1.22 bits per heavy atom. The molecule has 0 spiro atoms. The number of carbonyl (C=O) groups excluding carboxylic acids is 1. The Hall–Kier alpha value is -2.17. The van der Waals surface area contributed by atoms with Crippen LogP contribution in [0.4, 0.5) is 0 Å². The van der Waals surface area contributed by atoms with E-state index in [-0.39, 0.29) is 11.8 Å². The van der Waals surface area contributed by atoms with Crippen LogP contribution in [0.1, 0.15) is 36.8 Å². The van der Waals surface area contributed by atoms with Gasteiger partial charge in [0.05, 0.1) is 6.54 Å². The van der Waals surface area contributed by atoms with Crippen molar-refractivity contribution in [3.63, 3.8) is 0 Å². The minimum atomic E-state index is 0.243. The number of carbonyl (C=O) groups is 1. The van der Waals surface area contributed by atoms with Crippen LogP contribution in [0.15, 0.2) is 36.9 Å². The number of hydrogen-bond donors (Lipinski definition) is 1. The molecule has 0 saturated heterocycles. The molecule has 5 heteroatoms. The van der Waals surface area contributed by atoms with Crippen molar-refractivity contribution >= 4 is 5.91 Å². The number of nitrogens with zero attached hydrogens (tertiary/aromatic N) is 3. The lowest BCUT2D eigenvalue weighted by Crippen LogP contribution is -2.33. The van der Waals surface area contributed by atoms with Gasteiger partial charge in [-0.15, -0.1) is 0 Å². The first-order chi connectivity index (χ1) is 11.3. The number of benzene rings is 1. The highest BCUT2D eigenvalue weighted by Gasteiger charge is 2.42. The Morgan fingerprint density at radius 2 is 2.09 bits per heavy atom. The van der Waals surface area contributed by atoms with Gasteiger partial charge in [0, 0.05) is 12.5 Å². The van der Waals surface area contributed by atoms with Gasteiger partial charge in [0.2, 0.25) is 5.91 Å². The zero-order chi connectivity index (χ0) is 15.6. The van der Waals surface area contributed by atoms with Crippen LogP contribution in [0, 0.1) is 17.8 Å². The summed E-state index contributed by atoms with van der Waals surface area (Å²) >= 11 is 0. The maximum atomic E-state index is 12.5. The molecule has 5 nitrogen and oxygen atoms in total. The maximum Gasteiger partial charge on any atom is 0.223 e. The van der Waals surface area contributed by atoms with Crippen molar-refractivity contribution in [2.45, 2.75) is 38.8 Å². The van der Waals surface area contributed by atoms with Gasteiger partial charge in [0.1, 0.15) is 12.7 Å². The van der Waals surface area contributed by atoms with Crippen LogP contribution in [0.5, 0.6) is 0 Å². The number of rotatable bonds is 5. The van der Waals surface area contributed by atoms with E-state index in [2.05, 4.69) is 27.5 Å². The lowest BCUT2D eigenvalue weighted by Gasteiger charge is -2.21. The molecular formula is C18H22N4O. The van der Waals surface area contributed by atoms with E-state index in [0.29, 0.717) is 19.0 Å². The summed E-state index contributed by atoms with van der Waals surface area (Å²) in [5.74, 6) is 1.92. The molecule has 1 N–H and O–H groups in total. The highest BCUT2D eigenvalue weighted by Crippen LogP contribution is 2.48. The summed E-state index contributed by atoms with van der Waals surface area (Å²) in [6.07, 6.45) is 8.18. The summed E-state index contributed by atoms with van der Waals surface area (Å²) in [6, 6.07) is 8.20. The largest absolute Gasteiger partial charge is 0.352 e. The summed E-state index contributed by atoms with van der Waals surface area (Å²) in [5.41, 5.74) is 2.32. The first kappa shape index (κ1) is 14.4. The molecule has 2 saturated carbocycles. The number of fused-ring (bicyclic) bond motifs is 2. The summed E-state index contributed by atoms with van der Waals surface area (Å²) < 4.78 is 1.80. The van der Waals surface area contributed by atoms with E-state index in [1.807, 2.05) is 12.1 Å². The van der Waals surface area contributed by atoms with E-state index in [1.54, 1.807) is 17.3 Å². The van der Waals surface area contributed by atoms with E-state index in [4.69, 9.17) is 0 Å². The van der Waals surface area contributed by atoms with E-state index >= 15 is 0 Å². The van der Waals surface area contributed by atoms with E-state index in [1.165, 1.54) is 24.8 Å². The van der Waals surface area contributed by atoms with Gasteiger partial charge in [-0.3, -0.25) is 4.79 Å². The summed E-state index contributed by atoms with van der Waals surface area (Å²) in [5, 5.41) is 7.32. The monoisotopic (exact) mass is 310 g/mol. The Balaban J connectivity index is 1.40. The SMILES string of the molecule is O=C(NCc1ccccc1Cn1cncn1)C1CC2CCC1C2. The molecule has 0 radical (unpaired) electrons. The van der Waals surface area contributed by atoms with Crippen LogP contribution in [0.3, 0.4) is 0 Å². The average Bonchev–Trinajstić information content (AvgIpc) is 3.31. The molecule has 1 aromatic heterocycles. The summed E-state index contributed by atoms with van der Waals surface area (Å²) in [4.78, 5) is 16.5. The molecule has 0 aliphatic heterocycles. The molecule has 2 aromatic rings. The molecule has 120 valence electrons. The predicted molar refractivity (Wildman–Crippen MR) is 86.4 cm³/mol. The van der Waals surface area contributed by atoms with Gasteiger partial charge in [-0.05, 0) is 42.2 Å². The second kappa shape index (κ2) is 6.14. The van der Waals surface area contributed by atoms with Gasteiger partial charge >= 0.3 is 0 Å². The number of amides is 1. The van der Waals surface area contributed by atoms with Crippen molar-refractivity contribution in [2.24, 2.45) is 17.8 Å². The lowest BCUT2D eigenvalue weighted by atomic mass is 9.88. The molecule has 1 aromatic carbocycles. The van der Waals surface area contributed by atoms with Crippen LogP contribution in [0.2, 0.25) is 0 Å². The van der Waals surface area contributed by atoms with Gasteiger partial charge < -0.3 is 5.32 Å². The fourth-order valence-electron chi connectivity index (χ4n) is 4.25. The van der Waals surface area contributed by atoms with E-state index < -0.39 is 0 Å². The van der Waals surface area contributed by atoms with Crippen molar-refractivity contribution in [3.05, 3.63) is 48.0 Å². The number of aromatic nitrogens is 3. The normalized spacial score (nSPS) is 25.7. The van der Waals surface area contributed by atoms with Gasteiger partial charge in [0.25, 0.3) is 0 Å². The highest BCUT2D eigenvalue weighted by atomic mass is 16.1. The van der Waals surface area contributed by atoms with Crippen LogP contribution >= 0.6 is 0 Å². The van der Waals surface area contributed by atoms with Crippen LogP contribution < -0.4 is 5.32 Å². The quantitative estimate of drug-likeness (QED) is 0.922. The van der Waals surface area contributed by atoms with Crippen molar-refractivity contribution < 1.29 is 4.79 Å². The topological polar surface area (TPSA) is 59.8 Å². The fraction of sp³-hybridized carbons (Fsp3) is 0.500. The second-order valence-corrected chi connectivity index (χ2v) is 6.86. The molecule has 1 heterocycles. The average molecular weight is 310 g/mol. The summed E-state index contributed by atoms with van der Waals surface area (Å²) in [6.45, 7) is 1.28. The minimum absolute atomic E-state index is 0.243. The molecule has 3 unspecified atom stereocenters. The van der Waals surface area contributed by atoms with Crippen LogP contribution in [0.25, 0.3) is 0 Å². The summed E-state index contributed by atoms with van der Waals surface area (Å²) in [7, 11) is 0. The molecule has 1 amide bonds. The first-order valence-electron chi connectivity index (χ1n) is 8.46. The van der Waals surface area contributed by atoms with Gasteiger partial charge in [-0.2, -0.15) is 5.10 Å². The second-order valence-electron chi connectivity index (χ2n) is 6.86. The van der Waals surface area contributed by atoms with E-state index in [9.17, 15) is 4.79 Å². The zero-order valence-electron chi connectivity index (χ0n) is 13.2. The van der Waals surface area contributed by atoms with Crippen molar-refractivity contribution in [1.82, 2.24) is 20.1 Å². The standard InChI is InChI=1S/C18H22N4O/c23-18(17-8-13-5-6-14(17)7-13)20-9-15-3-1-2-4-16(15)10-22-12-19-11-21-22/h1-4,11-14,17H,5-10H2,(H,20,23). The van der Waals surface area contributed by atoms with Crippen LogP contribution in [-0.4, -0.2) is 20.7 Å². The Labute approximate surface area is 136 Å². The van der Waals surface area contributed by atoms with E-state index in [0.717, 1.165) is 17.9 Å². The van der Waals surface area contributed by atoms with Gasteiger partial charge in [-0.25, -0.2) is 9.67 Å². The predicted octanol–water partition coefficient (Wildman–Crippen LogP) is 2.38. The molecule has 2 aliphatic rings. The van der Waals surface area contributed by atoms with Crippen molar-refractivity contribution in [2.75, 3.05) is 0 Å². The number of hydrogen-bond acceptors (Lipinski definition) is 3. The molecular weight excluding hydrogens is 288 g/mol. The Kier molecular flexibility index (Phi) is 3.85. The zero-order valence-corrected chi connectivity index (χ0v) is 13.2. The third-order valence-electron chi connectivity index (χ3n) is 5.45. The Bertz CT molecular complexity index is 682. The highest BCUT2D eigenvalue weighted by molar-refractivity contribution is 5.79. The smallest absolute Gasteiger partial charge is 0.223 e. The lowest BCUT2D eigenvalue weighted by molar-refractivity contribution is -0.126. The maximum absolute atomic E-state index is 12.5. The molecule has 2 bridgehead atoms. The minimum Gasteiger partial charge on any atom is -0.352 e. The Morgan fingerprint density at radius 3 is 2.78 bits per heavy atom. The van der Waals surface area contributed by atoms with Crippen molar-refractivity contribution in [3.8, 4) is 0 Å². The van der Waals surface area contributed by atoms with Gasteiger partial charge in [-0.1, -0.05) is 30.7 Å². The molecule has 23 heavy (non-hydrogen) atoms. The third-order valence-corrected chi connectivity index (χ3v) is 5.45. The van der Waals surface area contributed by atoms with Crippen LogP contribution in [-0.2, 0) is 17.9 Å².